The average molecular weight is 336 g/mol. The number of halogens is 1. The molecule has 0 fully saturated rings. The third kappa shape index (κ3) is 4.26. The fraction of sp³-hybridized carbons (Fsp3) is 0.684. The van der Waals surface area contributed by atoms with Gasteiger partial charge in [-0.1, -0.05) is 23.8 Å². The van der Waals surface area contributed by atoms with Crippen molar-refractivity contribution in [1.29, 1.82) is 0 Å². The summed E-state index contributed by atoms with van der Waals surface area (Å²) in [5, 5.41) is 16.4. The molecule has 1 heterocycles. The van der Waals surface area contributed by atoms with Gasteiger partial charge in [0.1, 0.15) is 19.4 Å². The molecule has 2 aliphatic carbocycles. The Balaban J connectivity index is 1.54. The Morgan fingerprint density at radius 1 is 1.38 bits per heavy atom. The molecule has 5 atom stereocenters. The third-order valence-corrected chi connectivity index (χ3v) is 5.39. The molecule has 0 saturated heterocycles. The second-order valence-electron chi connectivity index (χ2n) is 7.07. The maximum absolute atomic E-state index is 12.3. The standard InChI is InChI=1S/C19H29FN2O2/c1-21-15-5-2-13(3-6-15)18-8-4-14-10-17(7-9-19(14)22-18)24-12-16(23)11-20/h2,4,7-8,14-16,18-19,21-23H,3,5-6,9-12H2,1H3/t14?,15-,16?,18?,19-/m0/s1. The summed E-state index contributed by atoms with van der Waals surface area (Å²) in [6.45, 7) is -0.717. The van der Waals surface area contributed by atoms with Crippen LogP contribution in [0.15, 0.2) is 35.6 Å². The molecular weight excluding hydrogens is 307 g/mol. The van der Waals surface area contributed by atoms with E-state index in [1.165, 1.54) is 12.0 Å². The third-order valence-electron chi connectivity index (χ3n) is 5.39. The number of hydrogen-bond donors (Lipinski definition) is 3. The molecule has 0 aromatic carbocycles. The zero-order valence-corrected chi connectivity index (χ0v) is 14.4. The van der Waals surface area contributed by atoms with E-state index in [1.807, 2.05) is 7.05 Å². The Kier molecular flexibility index (Phi) is 6.09. The minimum Gasteiger partial charge on any atom is -0.495 e. The first kappa shape index (κ1) is 17.6. The molecule has 3 unspecified atom stereocenters. The van der Waals surface area contributed by atoms with Crippen LogP contribution in [0.5, 0.6) is 0 Å². The first-order chi connectivity index (χ1) is 11.7. The van der Waals surface area contributed by atoms with Gasteiger partial charge >= 0.3 is 0 Å². The summed E-state index contributed by atoms with van der Waals surface area (Å²) in [7, 11) is 2.04. The van der Waals surface area contributed by atoms with E-state index in [4.69, 9.17) is 4.74 Å². The molecule has 3 aliphatic rings. The van der Waals surface area contributed by atoms with E-state index in [1.54, 1.807) is 0 Å². The number of fused-ring (bicyclic) bond motifs is 1. The highest BCUT2D eigenvalue weighted by molar-refractivity contribution is 5.26. The molecule has 4 nitrogen and oxygen atoms in total. The summed E-state index contributed by atoms with van der Waals surface area (Å²) >= 11 is 0. The zero-order valence-electron chi connectivity index (χ0n) is 14.4. The molecule has 0 saturated carbocycles. The predicted octanol–water partition coefficient (Wildman–Crippen LogP) is 2.22. The largest absolute Gasteiger partial charge is 0.495 e. The molecule has 0 amide bonds. The summed E-state index contributed by atoms with van der Waals surface area (Å²) in [6.07, 6.45) is 13.2. The Labute approximate surface area is 143 Å². The van der Waals surface area contributed by atoms with Crippen LogP contribution in [0.25, 0.3) is 0 Å². The van der Waals surface area contributed by atoms with Crippen molar-refractivity contribution in [3.05, 3.63) is 35.6 Å². The number of allylic oxidation sites excluding steroid dienone is 1. The van der Waals surface area contributed by atoms with Crippen molar-refractivity contribution in [1.82, 2.24) is 10.6 Å². The predicted molar refractivity (Wildman–Crippen MR) is 93.4 cm³/mol. The fourth-order valence-corrected chi connectivity index (χ4v) is 3.82. The lowest BCUT2D eigenvalue weighted by Crippen LogP contribution is -2.47. The normalized spacial score (nSPS) is 34.1. The van der Waals surface area contributed by atoms with Crippen LogP contribution < -0.4 is 10.6 Å². The lowest BCUT2D eigenvalue weighted by Gasteiger charge is -2.38. The molecule has 0 aromatic rings. The quantitative estimate of drug-likeness (QED) is 0.651. The highest BCUT2D eigenvalue weighted by Gasteiger charge is 2.31. The fourth-order valence-electron chi connectivity index (χ4n) is 3.82. The molecule has 24 heavy (non-hydrogen) atoms. The molecule has 134 valence electrons. The second kappa shape index (κ2) is 8.28. The summed E-state index contributed by atoms with van der Waals surface area (Å²) in [5.41, 5.74) is 1.51. The molecule has 0 bridgehead atoms. The molecule has 1 aliphatic heterocycles. The van der Waals surface area contributed by atoms with Crippen molar-refractivity contribution in [2.45, 2.75) is 56.3 Å². The number of hydrogen-bond acceptors (Lipinski definition) is 4. The van der Waals surface area contributed by atoms with Crippen molar-refractivity contribution in [3.63, 3.8) is 0 Å². The summed E-state index contributed by atoms with van der Waals surface area (Å²) in [5.74, 6) is 1.29. The highest BCUT2D eigenvalue weighted by Crippen LogP contribution is 2.32. The number of rotatable bonds is 6. The van der Waals surface area contributed by atoms with Crippen LogP contribution in [0.1, 0.15) is 32.1 Å². The molecule has 0 radical (unpaired) electrons. The average Bonchev–Trinajstić information content (AvgIpc) is 2.65. The van der Waals surface area contributed by atoms with E-state index in [9.17, 15) is 9.50 Å². The maximum Gasteiger partial charge on any atom is 0.119 e. The topological polar surface area (TPSA) is 53.5 Å². The van der Waals surface area contributed by atoms with Crippen LogP contribution in [0.4, 0.5) is 4.39 Å². The van der Waals surface area contributed by atoms with Gasteiger partial charge in [-0.05, 0) is 44.7 Å². The van der Waals surface area contributed by atoms with Gasteiger partial charge in [-0.3, -0.25) is 0 Å². The van der Waals surface area contributed by atoms with Crippen LogP contribution in [0.2, 0.25) is 0 Å². The summed E-state index contributed by atoms with van der Waals surface area (Å²) in [4.78, 5) is 0. The van der Waals surface area contributed by atoms with Crippen LogP contribution >= 0.6 is 0 Å². The van der Waals surface area contributed by atoms with E-state index in [0.717, 1.165) is 31.4 Å². The zero-order chi connectivity index (χ0) is 16.9. The number of aliphatic hydroxyl groups excluding tert-OH is 1. The number of ether oxygens (including phenoxy) is 1. The van der Waals surface area contributed by atoms with Gasteiger partial charge in [0.2, 0.25) is 0 Å². The first-order valence-electron chi connectivity index (χ1n) is 9.06. The number of alkyl halides is 1. The van der Waals surface area contributed by atoms with Gasteiger partial charge in [0.25, 0.3) is 0 Å². The van der Waals surface area contributed by atoms with E-state index in [0.29, 0.717) is 24.0 Å². The van der Waals surface area contributed by atoms with Crippen LogP contribution in [0.3, 0.4) is 0 Å². The van der Waals surface area contributed by atoms with Crippen molar-refractivity contribution >= 4 is 0 Å². The Morgan fingerprint density at radius 2 is 2.25 bits per heavy atom. The first-order valence-corrected chi connectivity index (χ1v) is 9.06. The van der Waals surface area contributed by atoms with Gasteiger partial charge in [0, 0.05) is 24.5 Å². The smallest absolute Gasteiger partial charge is 0.119 e. The van der Waals surface area contributed by atoms with Crippen molar-refractivity contribution in [2.75, 3.05) is 20.3 Å². The SMILES string of the molecule is CN[C@H]1CC=C(C2C=CC3CC(OCC(O)CF)=CC[C@@H]3N2)CC1. The van der Waals surface area contributed by atoms with Crippen LogP contribution in [-0.2, 0) is 4.74 Å². The van der Waals surface area contributed by atoms with Crippen LogP contribution in [-0.4, -0.2) is 49.7 Å². The van der Waals surface area contributed by atoms with Crippen molar-refractivity contribution < 1.29 is 14.2 Å². The molecule has 3 rings (SSSR count). The van der Waals surface area contributed by atoms with Gasteiger partial charge < -0.3 is 20.5 Å². The Bertz CT molecular complexity index is 517. The lowest BCUT2D eigenvalue weighted by atomic mass is 9.81. The van der Waals surface area contributed by atoms with Gasteiger partial charge in [0.05, 0.1) is 5.76 Å². The molecule has 3 N–H and O–H groups in total. The van der Waals surface area contributed by atoms with Gasteiger partial charge in [0.15, 0.2) is 0 Å². The van der Waals surface area contributed by atoms with Gasteiger partial charge in [-0.15, -0.1) is 0 Å². The minimum absolute atomic E-state index is 0.0407. The van der Waals surface area contributed by atoms with Crippen LogP contribution in [0, 0.1) is 5.92 Å². The Morgan fingerprint density at radius 3 is 2.96 bits per heavy atom. The highest BCUT2D eigenvalue weighted by atomic mass is 19.1. The number of aliphatic hydroxyl groups is 1. The molecule has 5 heteroatoms. The van der Waals surface area contributed by atoms with Crippen molar-refractivity contribution in [2.24, 2.45) is 5.92 Å². The van der Waals surface area contributed by atoms with E-state index < -0.39 is 12.8 Å². The summed E-state index contributed by atoms with van der Waals surface area (Å²) < 4.78 is 17.8. The van der Waals surface area contributed by atoms with Gasteiger partial charge in [-0.2, -0.15) is 0 Å². The number of nitrogens with one attached hydrogen (secondary N) is 2. The van der Waals surface area contributed by atoms with Gasteiger partial charge in [-0.25, -0.2) is 4.39 Å². The summed E-state index contributed by atoms with van der Waals surface area (Å²) in [6, 6.07) is 1.40. The second-order valence-corrected chi connectivity index (χ2v) is 7.07. The lowest BCUT2D eigenvalue weighted by molar-refractivity contribution is 0.0472. The molecular formula is C19H29FN2O2. The van der Waals surface area contributed by atoms with E-state index in [2.05, 4.69) is 34.9 Å². The van der Waals surface area contributed by atoms with E-state index in [-0.39, 0.29) is 6.61 Å². The minimum atomic E-state index is -1.02. The monoisotopic (exact) mass is 336 g/mol. The maximum atomic E-state index is 12.3. The molecule has 0 aromatic heterocycles. The van der Waals surface area contributed by atoms with E-state index >= 15 is 0 Å². The Hall–Kier alpha value is -1.17. The molecule has 0 spiro atoms. The van der Waals surface area contributed by atoms with Crippen molar-refractivity contribution in [3.8, 4) is 0 Å².